The summed E-state index contributed by atoms with van der Waals surface area (Å²) in [5.74, 6) is -1.33. The van der Waals surface area contributed by atoms with Crippen LogP contribution < -0.4 is 5.32 Å². The Kier molecular flexibility index (Phi) is 6.71. The Morgan fingerprint density at radius 2 is 1.86 bits per heavy atom. The monoisotopic (exact) mass is 420 g/mol. The molecule has 0 aliphatic carbocycles. The third kappa shape index (κ3) is 5.24. The van der Waals surface area contributed by atoms with Crippen molar-refractivity contribution >= 4 is 27.6 Å². The minimum Gasteiger partial charge on any atom is -0.457 e. The molecule has 0 bridgehead atoms. The molecular formula is C20H24N2O6S. The summed E-state index contributed by atoms with van der Waals surface area (Å²) in [7, 11) is -3.65. The maximum absolute atomic E-state index is 13.1. The second kappa shape index (κ2) is 9.23. The first-order valence-corrected chi connectivity index (χ1v) is 10.9. The van der Waals surface area contributed by atoms with E-state index in [0.29, 0.717) is 24.3 Å². The lowest BCUT2D eigenvalue weighted by Crippen LogP contribution is -2.32. The molecule has 1 N–H and O–H groups in total. The van der Waals surface area contributed by atoms with Gasteiger partial charge in [-0.2, -0.15) is 4.31 Å². The van der Waals surface area contributed by atoms with E-state index in [1.165, 1.54) is 28.8 Å². The number of anilines is 1. The van der Waals surface area contributed by atoms with Gasteiger partial charge in [-0.15, -0.1) is 0 Å². The molecular weight excluding hydrogens is 396 g/mol. The lowest BCUT2D eigenvalue weighted by atomic mass is 10.2. The van der Waals surface area contributed by atoms with Gasteiger partial charge in [0.25, 0.3) is 5.91 Å². The molecule has 0 saturated carbocycles. The number of benzene rings is 1. The Hall–Kier alpha value is -2.65. The Labute approximate surface area is 169 Å². The highest BCUT2D eigenvalue weighted by Crippen LogP contribution is 2.25. The molecule has 1 amide bonds. The molecule has 1 aliphatic heterocycles. The van der Waals surface area contributed by atoms with Crippen LogP contribution in [-0.4, -0.2) is 44.3 Å². The van der Waals surface area contributed by atoms with E-state index >= 15 is 0 Å². The molecule has 1 fully saturated rings. The van der Waals surface area contributed by atoms with Gasteiger partial charge in [0.2, 0.25) is 15.8 Å². The number of furan rings is 1. The predicted octanol–water partition coefficient (Wildman–Crippen LogP) is 2.95. The smallest absolute Gasteiger partial charge is 0.374 e. The van der Waals surface area contributed by atoms with E-state index in [1.807, 2.05) is 0 Å². The summed E-state index contributed by atoms with van der Waals surface area (Å²) in [5, 5.41) is 2.57. The van der Waals surface area contributed by atoms with E-state index < -0.39 is 28.5 Å². The number of ether oxygens (including phenoxy) is 1. The Balaban J connectivity index is 1.68. The maximum Gasteiger partial charge on any atom is 0.374 e. The number of hydrogen-bond acceptors (Lipinski definition) is 6. The Morgan fingerprint density at radius 1 is 1.14 bits per heavy atom. The quantitative estimate of drug-likeness (QED) is 0.720. The predicted molar refractivity (Wildman–Crippen MR) is 106 cm³/mol. The maximum atomic E-state index is 13.1. The first-order chi connectivity index (χ1) is 13.9. The molecule has 0 spiro atoms. The number of nitrogens with one attached hydrogen (secondary N) is 1. The van der Waals surface area contributed by atoms with Crippen molar-refractivity contribution in [2.45, 2.75) is 37.5 Å². The highest BCUT2D eigenvalue weighted by molar-refractivity contribution is 7.89. The third-order valence-electron chi connectivity index (χ3n) is 4.71. The molecule has 8 nitrogen and oxygen atoms in total. The summed E-state index contributed by atoms with van der Waals surface area (Å²) >= 11 is 0. The van der Waals surface area contributed by atoms with Crippen LogP contribution >= 0.6 is 0 Å². The van der Waals surface area contributed by atoms with Crippen molar-refractivity contribution in [3.05, 3.63) is 47.9 Å². The van der Waals surface area contributed by atoms with Gasteiger partial charge in [0.05, 0.1) is 11.2 Å². The fourth-order valence-corrected chi connectivity index (χ4v) is 4.94. The second-order valence-electron chi connectivity index (χ2n) is 6.90. The molecule has 1 aromatic carbocycles. The van der Waals surface area contributed by atoms with Gasteiger partial charge in [-0.05, 0) is 49.6 Å². The number of carbonyl (C=O) groups is 2. The summed E-state index contributed by atoms with van der Waals surface area (Å²) in [6.07, 6.45) is 5.07. The molecule has 0 atom stereocenters. The van der Waals surface area contributed by atoms with E-state index in [9.17, 15) is 18.0 Å². The van der Waals surface area contributed by atoms with Crippen LogP contribution in [0.15, 0.2) is 45.9 Å². The van der Waals surface area contributed by atoms with Crippen LogP contribution in [0.5, 0.6) is 0 Å². The minimum absolute atomic E-state index is 0.000958. The van der Waals surface area contributed by atoms with Gasteiger partial charge in [0.15, 0.2) is 6.61 Å². The average Bonchev–Trinajstić information content (AvgIpc) is 3.09. The molecule has 2 aromatic rings. The van der Waals surface area contributed by atoms with Crippen molar-refractivity contribution in [1.29, 1.82) is 0 Å². The number of esters is 1. The Bertz CT molecular complexity index is 961. The zero-order valence-electron chi connectivity index (χ0n) is 16.2. The fraction of sp³-hybridized carbons (Fsp3) is 0.400. The molecule has 2 heterocycles. The van der Waals surface area contributed by atoms with Crippen molar-refractivity contribution in [3.8, 4) is 0 Å². The van der Waals surface area contributed by atoms with Crippen LogP contribution in [0.4, 0.5) is 5.69 Å². The number of carbonyl (C=O) groups excluding carboxylic acids is 2. The number of rotatable bonds is 6. The molecule has 29 heavy (non-hydrogen) atoms. The molecule has 1 aliphatic rings. The van der Waals surface area contributed by atoms with E-state index in [0.717, 1.165) is 25.7 Å². The second-order valence-corrected chi connectivity index (χ2v) is 8.81. The highest BCUT2D eigenvalue weighted by Gasteiger charge is 2.27. The number of aryl methyl sites for hydroxylation is 1. The van der Waals surface area contributed by atoms with Gasteiger partial charge in [0.1, 0.15) is 0 Å². The van der Waals surface area contributed by atoms with Gasteiger partial charge in [-0.3, -0.25) is 4.79 Å². The third-order valence-corrected chi connectivity index (χ3v) is 6.75. The van der Waals surface area contributed by atoms with E-state index in [-0.39, 0.29) is 10.7 Å². The SMILES string of the molecule is Cc1ccc(NC(=O)COC(=O)c2ccco2)cc1S(=O)(=O)N1CCCCCC1. The molecule has 0 unspecified atom stereocenters. The van der Waals surface area contributed by atoms with Crippen LogP contribution in [0.2, 0.25) is 0 Å². The van der Waals surface area contributed by atoms with Gasteiger partial charge in [-0.25, -0.2) is 13.2 Å². The lowest BCUT2D eigenvalue weighted by molar-refractivity contribution is -0.119. The lowest BCUT2D eigenvalue weighted by Gasteiger charge is -2.21. The number of sulfonamides is 1. The van der Waals surface area contributed by atoms with Crippen LogP contribution in [0.25, 0.3) is 0 Å². The van der Waals surface area contributed by atoms with Crippen molar-refractivity contribution in [2.75, 3.05) is 25.0 Å². The van der Waals surface area contributed by atoms with Crippen LogP contribution in [-0.2, 0) is 19.6 Å². The van der Waals surface area contributed by atoms with Crippen LogP contribution in [0.1, 0.15) is 41.8 Å². The number of hydrogen-bond donors (Lipinski definition) is 1. The Morgan fingerprint density at radius 3 is 2.52 bits per heavy atom. The molecule has 9 heteroatoms. The van der Waals surface area contributed by atoms with Gasteiger partial charge in [-0.1, -0.05) is 18.9 Å². The van der Waals surface area contributed by atoms with Gasteiger partial charge in [0, 0.05) is 18.8 Å². The first kappa shape index (κ1) is 21.1. The largest absolute Gasteiger partial charge is 0.457 e. The molecule has 3 rings (SSSR count). The normalized spacial score (nSPS) is 15.5. The summed E-state index contributed by atoms with van der Waals surface area (Å²) in [5.41, 5.74) is 0.930. The van der Waals surface area contributed by atoms with Crippen LogP contribution in [0.3, 0.4) is 0 Å². The van der Waals surface area contributed by atoms with E-state index in [2.05, 4.69) is 5.32 Å². The molecule has 156 valence electrons. The topological polar surface area (TPSA) is 106 Å². The van der Waals surface area contributed by atoms with Crippen molar-refractivity contribution in [2.24, 2.45) is 0 Å². The summed E-state index contributed by atoms with van der Waals surface area (Å²) in [4.78, 5) is 24.0. The zero-order valence-corrected chi connectivity index (χ0v) is 17.0. The average molecular weight is 420 g/mol. The van der Waals surface area contributed by atoms with Gasteiger partial charge >= 0.3 is 5.97 Å². The number of amides is 1. The van der Waals surface area contributed by atoms with E-state index in [4.69, 9.17) is 9.15 Å². The summed E-state index contributed by atoms with van der Waals surface area (Å²) in [6.45, 7) is 2.21. The summed E-state index contributed by atoms with van der Waals surface area (Å²) < 4.78 is 37.5. The standard InChI is InChI=1S/C20H24N2O6S/c1-15-8-9-16(21-19(23)14-28-20(24)17-7-6-12-27-17)13-18(15)29(25,26)22-10-4-2-3-5-11-22/h6-9,12-13H,2-5,10-11,14H2,1H3,(H,21,23). The fourth-order valence-electron chi connectivity index (χ4n) is 3.17. The van der Waals surface area contributed by atoms with Crippen molar-refractivity contribution in [3.63, 3.8) is 0 Å². The van der Waals surface area contributed by atoms with E-state index in [1.54, 1.807) is 19.1 Å². The zero-order chi connectivity index (χ0) is 20.9. The molecule has 0 radical (unpaired) electrons. The minimum atomic E-state index is -3.65. The summed E-state index contributed by atoms with van der Waals surface area (Å²) in [6, 6.07) is 7.68. The molecule has 1 saturated heterocycles. The highest BCUT2D eigenvalue weighted by atomic mass is 32.2. The first-order valence-electron chi connectivity index (χ1n) is 9.49. The van der Waals surface area contributed by atoms with Gasteiger partial charge < -0.3 is 14.5 Å². The van der Waals surface area contributed by atoms with Crippen LogP contribution in [0, 0.1) is 6.92 Å². The van der Waals surface area contributed by atoms with Crippen molar-refractivity contribution < 1.29 is 27.2 Å². The molecule has 1 aromatic heterocycles. The van der Waals surface area contributed by atoms with Crippen molar-refractivity contribution in [1.82, 2.24) is 4.31 Å². The number of nitrogens with zero attached hydrogens (tertiary/aromatic N) is 1.